The first-order valence-corrected chi connectivity index (χ1v) is 5.24. The van der Waals surface area contributed by atoms with Crippen LogP contribution in [0.5, 0.6) is 0 Å². The number of aromatic nitrogens is 2. The second-order valence-corrected chi connectivity index (χ2v) is 4.74. The van der Waals surface area contributed by atoms with Gasteiger partial charge in [0.25, 0.3) is 5.56 Å². The van der Waals surface area contributed by atoms with Gasteiger partial charge in [-0.1, -0.05) is 0 Å². The zero-order chi connectivity index (χ0) is 13.2. The van der Waals surface area contributed by atoms with Crippen LogP contribution < -0.4 is 11.3 Å². The molecule has 0 saturated heterocycles. The van der Waals surface area contributed by atoms with Crippen LogP contribution in [0.15, 0.2) is 11.0 Å². The predicted molar refractivity (Wildman–Crippen MR) is 63.5 cm³/mol. The fourth-order valence-electron chi connectivity index (χ4n) is 1.28. The van der Waals surface area contributed by atoms with Crippen molar-refractivity contribution >= 4 is 11.7 Å². The van der Waals surface area contributed by atoms with Crippen LogP contribution in [0.2, 0.25) is 0 Å². The summed E-state index contributed by atoms with van der Waals surface area (Å²) >= 11 is 0. The average Bonchev–Trinajstić information content (AvgIpc) is 2.16. The molecule has 94 valence electrons. The van der Waals surface area contributed by atoms with Crippen LogP contribution in [0.1, 0.15) is 26.6 Å². The van der Waals surface area contributed by atoms with E-state index in [0.717, 1.165) is 0 Å². The number of rotatable bonds is 2. The summed E-state index contributed by atoms with van der Waals surface area (Å²) in [5.74, 6) is -0.0647. The Balaban J connectivity index is 2.93. The van der Waals surface area contributed by atoms with Gasteiger partial charge in [0.15, 0.2) is 0 Å². The van der Waals surface area contributed by atoms with Crippen molar-refractivity contribution in [1.82, 2.24) is 9.55 Å². The van der Waals surface area contributed by atoms with Gasteiger partial charge in [-0.05, 0) is 27.7 Å². The van der Waals surface area contributed by atoms with Gasteiger partial charge < -0.3 is 10.5 Å². The number of carbonyl (C=O) groups is 1. The SMILES string of the molecule is Cc1ncc(N)c(=O)n1CC(=O)OC(C)(C)C. The van der Waals surface area contributed by atoms with Gasteiger partial charge in [0.1, 0.15) is 23.7 Å². The highest BCUT2D eigenvalue weighted by Gasteiger charge is 2.18. The molecule has 0 saturated carbocycles. The molecule has 0 spiro atoms. The number of esters is 1. The second kappa shape index (κ2) is 4.57. The van der Waals surface area contributed by atoms with Crippen molar-refractivity contribution in [2.45, 2.75) is 39.8 Å². The summed E-state index contributed by atoms with van der Waals surface area (Å²) in [5.41, 5.74) is 4.45. The van der Waals surface area contributed by atoms with Crippen LogP contribution >= 0.6 is 0 Å². The molecule has 0 aromatic carbocycles. The number of anilines is 1. The van der Waals surface area contributed by atoms with E-state index in [2.05, 4.69) is 4.98 Å². The Morgan fingerprint density at radius 2 is 2.12 bits per heavy atom. The molecule has 2 N–H and O–H groups in total. The Labute approximate surface area is 99.4 Å². The molecule has 6 nitrogen and oxygen atoms in total. The fraction of sp³-hybridized carbons (Fsp3) is 0.545. The largest absolute Gasteiger partial charge is 0.459 e. The number of nitrogens with two attached hydrogens (primary N) is 1. The molecule has 17 heavy (non-hydrogen) atoms. The molecule has 1 aromatic rings. The minimum atomic E-state index is -0.581. The highest BCUT2D eigenvalue weighted by atomic mass is 16.6. The van der Waals surface area contributed by atoms with Crippen LogP contribution in [-0.2, 0) is 16.1 Å². The second-order valence-electron chi connectivity index (χ2n) is 4.74. The van der Waals surface area contributed by atoms with Gasteiger partial charge in [0.05, 0.1) is 6.20 Å². The summed E-state index contributed by atoms with van der Waals surface area (Å²) in [5, 5.41) is 0. The lowest BCUT2D eigenvalue weighted by Crippen LogP contribution is -2.32. The van der Waals surface area contributed by atoms with Crippen molar-refractivity contribution in [3.63, 3.8) is 0 Å². The van der Waals surface area contributed by atoms with Gasteiger partial charge in [-0.2, -0.15) is 0 Å². The lowest BCUT2D eigenvalue weighted by atomic mass is 10.2. The Kier molecular flexibility index (Phi) is 3.55. The van der Waals surface area contributed by atoms with Gasteiger partial charge in [0, 0.05) is 0 Å². The van der Waals surface area contributed by atoms with E-state index in [1.54, 1.807) is 27.7 Å². The van der Waals surface area contributed by atoms with Crippen molar-refractivity contribution in [3.05, 3.63) is 22.4 Å². The number of aryl methyl sites for hydroxylation is 1. The molecule has 1 heterocycles. The lowest BCUT2D eigenvalue weighted by Gasteiger charge is -2.20. The quantitative estimate of drug-likeness (QED) is 0.758. The molecule has 0 aliphatic carbocycles. The standard InChI is InChI=1S/C11H17N3O3/c1-7-13-5-8(12)10(16)14(7)6-9(15)17-11(2,3)4/h5H,6,12H2,1-4H3. The van der Waals surface area contributed by atoms with Crippen LogP contribution in [0.25, 0.3) is 0 Å². The maximum Gasteiger partial charge on any atom is 0.326 e. The van der Waals surface area contributed by atoms with Crippen molar-refractivity contribution in [1.29, 1.82) is 0 Å². The molecule has 0 atom stereocenters. The van der Waals surface area contributed by atoms with Crippen LogP contribution in [0.4, 0.5) is 5.69 Å². The van der Waals surface area contributed by atoms with E-state index >= 15 is 0 Å². The van der Waals surface area contributed by atoms with Crippen molar-refractivity contribution < 1.29 is 9.53 Å². The van der Waals surface area contributed by atoms with Gasteiger partial charge in [0.2, 0.25) is 0 Å². The molecule has 1 aromatic heterocycles. The van der Waals surface area contributed by atoms with Crippen molar-refractivity contribution in [3.8, 4) is 0 Å². The zero-order valence-corrected chi connectivity index (χ0v) is 10.5. The molecule has 0 amide bonds. The summed E-state index contributed by atoms with van der Waals surface area (Å²) < 4.78 is 6.32. The summed E-state index contributed by atoms with van der Waals surface area (Å²) in [6, 6.07) is 0. The molecule has 0 bridgehead atoms. The number of ether oxygens (including phenoxy) is 1. The van der Waals surface area contributed by atoms with E-state index in [1.807, 2.05) is 0 Å². The van der Waals surface area contributed by atoms with E-state index in [0.29, 0.717) is 5.82 Å². The zero-order valence-electron chi connectivity index (χ0n) is 10.5. The summed E-state index contributed by atoms with van der Waals surface area (Å²) in [6.07, 6.45) is 1.28. The number of hydrogen-bond donors (Lipinski definition) is 1. The summed E-state index contributed by atoms with van der Waals surface area (Å²) in [6.45, 7) is 6.74. The van der Waals surface area contributed by atoms with E-state index in [-0.39, 0.29) is 12.2 Å². The van der Waals surface area contributed by atoms with Crippen molar-refractivity contribution in [2.24, 2.45) is 0 Å². The fourth-order valence-corrected chi connectivity index (χ4v) is 1.28. The highest BCUT2D eigenvalue weighted by Crippen LogP contribution is 2.07. The van der Waals surface area contributed by atoms with E-state index in [1.165, 1.54) is 10.8 Å². The Hall–Kier alpha value is -1.85. The number of nitrogens with zero attached hydrogens (tertiary/aromatic N) is 2. The molecule has 6 heteroatoms. The lowest BCUT2D eigenvalue weighted by molar-refractivity contribution is -0.155. The first kappa shape index (κ1) is 13.2. The van der Waals surface area contributed by atoms with E-state index in [9.17, 15) is 9.59 Å². The normalized spacial score (nSPS) is 11.3. The Morgan fingerprint density at radius 3 is 2.65 bits per heavy atom. The van der Waals surface area contributed by atoms with Gasteiger partial charge in [-0.3, -0.25) is 14.2 Å². The maximum atomic E-state index is 11.7. The van der Waals surface area contributed by atoms with Crippen molar-refractivity contribution in [2.75, 3.05) is 5.73 Å². The first-order valence-electron chi connectivity index (χ1n) is 5.24. The summed E-state index contributed by atoms with van der Waals surface area (Å²) in [4.78, 5) is 27.2. The predicted octanol–water partition coefficient (Wildman–Crippen LogP) is 0.476. The van der Waals surface area contributed by atoms with Gasteiger partial charge in [-0.15, -0.1) is 0 Å². The number of carbonyl (C=O) groups excluding carboxylic acids is 1. The molecular weight excluding hydrogens is 222 g/mol. The van der Waals surface area contributed by atoms with Crippen LogP contribution in [-0.4, -0.2) is 21.1 Å². The molecular formula is C11H17N3O3. The first-order chi connectivity index (χ1) is 7.70. The van der Waals surface area contributed by atoms with Gasteiger partial charge in [-0.25, -0.2) is 4.98 Å². The van der Waals surface area contributed by atoms with Crippen LogP contribution in [0.3, 0.4) is 0 Å². The van der Waals surface area contributed by atoms with E-state index in [4.69, 9.17) is 10.5 Å². The minimum absolute atomic E-state index is 0.0131. The third-order valence-electron chi connectivity index (χ3n) is 1.98. The molecule has 0 aliphatic heterocycles. The number of nitrogen functional groups attached to an aromatic ring is 1. The third-order valence-corrected chi connectivity index (χ3v) is 1.98. The Morgan fingerprint density at radius 1 is 1.53 bits per heavy atom. The minimum Gasteiger partial charge on any atom is -0.459 e. The highest BCUT2D eigenvalue weighted by molar-refractivity contribution is 5.69. The maximum absolute atomic E-state index is 11.7. The molecule has 0 fully saturated rings. The summed E-state index contributed by atoms with van der Waals surface area (Å²) in [7, 11) is 0. The topological polar surface area (TPSA) is 87.2 Å². The molecule has 0 aliphatic rings. The molecule has 0 unspecified atom stereocenters. The monoisotopic (exact) mass is 239 g/mol. The Bertz CT molecular complexity index is 486. The molecule has 0 radical (unpaired) electrons. The smallest absolute Gasteiger partial charge is 0.326 e. The van der Waals surface area contributed by atoms with E-state index < -0.39 is 17.1 Å². The number of hydrogen-bond acceptors (Lipinski definition) is 5. The third kappa shape index (κ3) is 3.58. The van der Waals surface area contributed by atoms with Gasteiger partial charge >= 0.3 is 5.97 Å². The van der Waals surface area contributed by atoms with Crippen LogP contribution in [0, 0.1) is 6.92 Å². The average molecular weight is 239 g/mol. The molecule has 1 rings (SSSR count).